The zero-order valence-corrected chi connectivity index (χ0v) is 10.7. The second kappa shape index (κ2) is 4.74. The Morgan fingerprint density at radius 3 is 2.44 bits per heavy atom. The summed E-state index contributed by atoms with van der Waals surface area (Å²) in [7, 11) is 1.92. The minimum atomic E-state index is -0.389. The van der Waals surface area contributed by atoms with E-state index in [1.807, 2.05) is 23.6 Å². The first-order valence-corrected chi connectivity index (χ1v) is 5.58. The van der Waals surface area contributed by atoms with Crippen molar-refractivity contribution in [2.45, 2.75) is 39.8 Å². The molecule has 0 amide bonds. The zero-order valence-electron chi connectivity index (χ0n) is 10.7. The predicted octanol–water partition coefficient (Wildman–Crippen LogP) is 1.17. The van der Waals surface area contributed by atoms with Gasteiger partial charge in [-0.05, 0) is 27.7 Å². The van der Waals surface area contributed by atoms with E-state index in [1.54, 1.807) is 6.92 Å². The van der Waals surface area contributed by atoms with Gasteiger partial charge in [0.05, 0.1) is 17.5 Å². The van der Waals surface area contributed by atoms with E-state index in [-0.39, 0.29) is 12.1 Å². The highest BCUT2D eigenvalue weighted by Crippen LogP contribution is 2.28. The van der Waals surface area contributed by atoms with Gasteiger partial charge in [0.2, 0.25) is 0 Å². The monoisotopic (exact) mass is 226 g/mol. The number of nitrogens with two attached hydrogens (primary N) is 1. The quantitative estimate of drug-likeness (QED) is 0.808. The Hall–Kier alpha value is -1.23. The molecule has 1 aromatic heterocycles. The van der Waals surface area contributed by atoms with Gasteiger partial charge in [0.25, 0.3) is 0 Å². The Balaban J connectivity index is 3.09. The number of hydrogen-bond acceptors (Lipinski definition) is 4. The van der Waals surface area contributed by atoms with Gasteiger partial charge in [-0.25, -0.2) is 4.68 Å². The van der Waals surface area contributed by atoms with Crippen molar-refractivity contribution in [2.75, 3.05) is 24.2 Å². The van der Waals surface area contributed by atoms with Gasteiger partial charge in [-0.15, -0.1) is 0 Å². The molecule has 0 aliphatic carbocycles. The van der Waals surface area contributed by atoms with Crippen molar-refractivity contribution in [1.29, 1.82) is 0 Å². The van der Waals surface area contributed by atoms with Gasteiger partial charge in [0.1, 0.15) is 0 Å². The Kier molecular flexibility index (Phi) is 3.80. The first-order valence-electron chi connectivity index (χ1n) is 5.58. The maximum absolute atomic E-state index is 9.40. The Morgan fingerprint density at radius 2 is 2.00 bits per heavy atom. The van der Waals surface area contributed by atoms with E-state index in [1.165, 1.54) is 0 Å². The minimum absolute atomic E-state index is 0.252. The maximum Gasteiger partial charge on any atom is 0.150 e. The molecule has 92 valence electrons. The smallest absolute Gasteiger partial charge is 0.150 e. The molecule has 16 heavy (non-hydrogen) atoms. The molecule has 0 aromatic carbocycles. The molecule has 1 rings (SSSR count). The van der Waals surface area contributed by atoms with Crippen LogP contribution in [0.5, 0.6) is 0 Å². The molecule has 0 saturated carbocycles. The van der Waals surface area contributed by atoms with Crippen molar-refractivity contribution in [3.05, 3.63) is 5.69 Å². The largest absolute Gasteiger partial charge is 0.394 e. The molecule has 0 aliphatic rings. The van der Waals surface area contributed by atoms with Crippen LogP contribution in [0.4, 0.5) is 11.5 Å². The van der Waals surface area contributed by atoms with Crippen LogP contribution in [0.25, 0.3) is 0 Å². The summed E-state index contributed by atoms with van der Waals surface area (Å²) in [5.41, 5.74) is 7.54. The van der Waals surface area contributed by atoms with Gasteiger partial charge in [-0.1, -0.05) is 0 Å². The molecule has 5 nitrogen and oxygen atoms in total. The van der Waals surface area contributed by atoms with Crippen LogP contribution in [0.1, 0.15) is 32.5 Å². The van der Waals surface area contributed by atoms with Gasteiger partial charge >= 0.3 is 0 Å². The molecule has 0 radical (unpaired) electrons. The van der Waals surface area contributed by atoms with Crippen LogP contribution in [0.3, 0.4) is 0 Å². The molecule has 0 saturated heterocycles. The topological polar surface area (TPSA) is 67.3 Å². The molecule has 1 unspecified atom stereocenters. The van der Waals surface area contributed by atoms with E-state index >= 15 is 0 Å². The third-order valence-corrected chi connectivity index (χ3v) is 2.49. The van der Waals surface area contributed by atoms with E-state index in [0.29, 0.717) is 12.2 Å². The average Bonchev–Trinajstić information content (AvgIpc) is 2.42. The SMILES string of the molecule is Cc1nn(C(C)C)c(N(C)CC(C)O)c1N. The fourth-order valence-corrected chi connectivity index (χ4v) is 1.77. The Morgan fingerprint density at radius 1 is 1.44 bits per heavy atom. The van der Waals surface area contributed by atoms with E-state index in [0.717, 1.165) is 11.5 Å². The van der Waals surface area contributed by atoms with Crippen molar-refractivity contribution in [3.63, 3.8) is 0 Å². The molecule has 3 N–H and O–H groups in total. The molecular weight excluding hydrogens is 204 g/mol. The molecule has 5 heteroatoms. The molecule has 0 fully saturated rings. The highest BCUT2D eigenvalue weighted by molar-refractivity contribution is 5.66. The molecule has 1 atom stereocenters. The summed E-state index contributed by atoms with van der Waals surface area (Å²) >= 11 is 0. The summed E-state index contributed by atoms with van der Waals surface area (Å²) < 4.78 is 1.90. The predicted molar refractivity (Wildman–Crippen MR) is 66.7 cm³/mol. The van der Waals surface area contributed by atoms with Crippen molar-refractivity contribution in [2.24, 2.45) is 0 Å². The Labute approximate surface area is 96.9 Å². The fraction of sp³-hybridized carbons (Fsp3) is 0.727. The van der Waals surface area contributed by atoms with Gasteiger partial charge in [0.15, 0.2) is 5.82 Å². The van der Waals surface area contributed by atoms with Gasteiger partial charge in [-0.3, -0.25) is 0 Å². The third kappa shape index (κ3) is 2.47. The fourth-order valence-electron chi connectivity index (χ4n) is 1.77. The zero-order chi connectivity index (χ0) is 12.5. The number of rotatable bonds is 4. The van der Waals surface area contributed by atoms with Gasteiger partial charge < -0.3 is 15.7 Å². The first kappa shape index (κ1) is 12.8. The van der Waals surface area contributed by atoms with Crippen LogP contribution < -0.4 is 10.6 Å². The number of aliphatic hydroxyl groups excluding tert-OH is 1. The van der Waals surface area contributed by atoms with Gasteiger partial charge in [-0.2, -0.15) is 5.10 Å². The molecular formula is C11H22N4O. The lowest BCUT2D eigenvalue weighted by molar-refractivity contribution is 0.201. The standard InChI is InChI=1S/C11H22N4O/c1-7(2)15-11(10(12)9(4)13-15)14(5)6-8(3)16/h7-8,16H,6,12H2,1-5H3. The second-order valence-electron chi connectivity index (χ2n) is 4.59. The summed E-state index contributed by atoms with van der Waals surface area (Å²) in [6.07, 6.45) is -0.389. The maximum atomic E-state index is 9.40. The number of aromatic nitrogens is 2. The lowest BCUT2D eigenvalue weighted by Crippen LogP contribution is -2.29. The van der Waals surface area contributed by atoms with Crippen molar-refractivity contribution in [3.8, 4) is 0 Å². The van der Waals surface area contributed by atoms with Crippen LogP contribution in [0.15, 0.2) is 0 Å². The lowest BCUT2D eigenvalue weighted by Gasteiger charge is -2.23. The number of aliphatic hydroxyl groups is 1. The van der Waals surface area contributed by atoms with Crippen molar-refractivity contribution < 1.29 is 5.11 Å². The third-order valence-electron chi connectivity index (χ3n) is 2.49. The summed E-state index contributed by atoms with van der Waals surface area (Å²) in [6, 6.07) is 0.252. The molecule has 0 spiro atoms. The van der Waals surface area contributed by atoms with Crippen molar-refractivity contribution in [1.82, 2.24) is 9.78 Å². The van der Waals surface area contributed by atoms with Crippen LogP contribution in [0, 0.1) is 6.92 Å². The molecule has 1 aromatic rings. The Bertz CT molecular complexity index is 357. The molecule has 0 aliphatic heterocycles. The number of nitrogen functional groups attached to an aromatic ring is 1. The number of anilines is 2. The van der Waals surface area contributed by atoms with Crippen LogP contribution in [-0.4, -0.2) is 34.6 Å². The van der Waals surface area contributed by atoms with Crippen LogP contribution >= 0.6 is 0 Å². The van der Waals surface area contributed by atoms with E-state index in [4.69, 9.17) is 5.73 Å². The van der Waals surface area contributed by atoms with E-state index in [2.05, 4.69) is 18.9 Å². The normalized spacial score (nSPS) is 13.2. The highest BCUT2D eigenvalue weighted by atomic mass is 16.3. The molecule has 1 heterocycles. The summed E-state index contributed by atoms with van der Waals surface area (Å²) in [5, 5.41) is 13.8. The molecule has 0 bridgehead atoms. The van der Waals surface area contributed by atoms with Crippen LogP contribution in [-0.2, 0) is 0 Å². The average molecular weight is 226 g/mol. The summed E-state index contributed by atoms with van der Waals surface area (Å²) in [6.45, 7) is 8.32. The number of nitrogens with zero attached hydrogens (tertiary/aromatic N) is 3. The minimum Gasteiger partial charge on any atom is -0.394 e. The second-order valence-corrected chi connectivity index (χ2v) is 4.59. The van der Waals surface area contributed by atoms with E-state index in [9.17, 15) is 5.11 Å². The number of hydrogen-bond donors (Lipinski definition) is 2. The lowest BCUT2D eigenvalue weighted by atomic mass is 10.3. The first-order chi connectivity index (χ1) is 7.34. The summed E-state index contributed by atoms with van der Waals surface area (Å²) in [4.78, 5) is 1.94. The van der Waals surface area contributed by atoms with Crippen LogP contribution in [0.2, 0.25) is 0 Å². The number of aryl methyl sites for hydroxylation is 1. The van der Waals surface area contributed by atoms with Gasteiger partial charge in [0, 0.05) is 19.6 Å². The number of likely N-dealkylation sites (N-methyl/N-ethyl adjacent to an activating group) is 1. The van der Waals surface area contributed by atoms with E-state index < -0.39 is 0 Å². The summed E-state index contributed by atoms with van der Waals surface area (Å²) in [5.74, 6) is 0.883. The highest BCUT2D eigenvalue weighted by Gasteiger charge is 2.18. The van der Waals surface area contributed by atoms with Crippen molar-refractivity contribution >= 4 is 11.5 Å².